The zero-order valence-corrected chi connectivity index (χ0v) is 16.5. The maximum atomic E-state index is 5.92. The zero-order valence-electron chi connectivity index (χ0n) is 16.5. The van der Waals surface area contributed by atoms with Crippen LogP contribution in [0.15, 0.2) is 4.99 Å². The van der Waals surface area contributed by atoms with Gasteiger partial charge in [-0.15, -0.1) is 0 Å². The molecule has 25 heavy (non-hydrogen) atoms. The van der Waals surface area contributed by atoms with E-state index in [1.54, 1.807) is 0 Å². The quantitative estimate of drug-likeness (QED) is 0.796. The van der Waals surface area contributed by atoms with Crippen LogP contribution in [0.4, 0.5) is 0 Å². The van der Waals surface area contributed by atoms with E-state index < -0.39 is 0 Å². The Labute approximate surface area is 153 Å². The monoisotopic (exact) mass is 345 g/mol. The Morgan fingerprint density at radius 2 is 2.08 bits per heavy atom. The van der Waals surface area contributed by atoms with Crippen molar-refractivity contribution >= 4 is 5.84 Å². The molecule has 2 saturated heterocycles. The number of aliphatic imine (C=N–C) groups is 1. The number of nitrogens with zero attached hydrogens (tertiary/aromatic N) is 2. The molecule has 3 fully saturated rings. The highest BCUT2D eigenvalue weighted by atomic mass is 16.5. The number of nitrogens with one attached hydrogen (secondary N) is 1. The van der Waals surface area contributed by atoms with Gasteiger partial charge >= 0.3 is 0 Å². The van der Waals surface area contributed by atoms with Crippen LogP contribution in [0.1, 0.15) is 52.4 Å². The third-order valence-electron chi connectivity index (χ3n) is 6.56. The lowest BCUT2D eigenvalue weighted by molar-refractivity contribution is -0.0190. The van der Waals surface area contributed by atoms with Gasteiger partial charge in [0.25, 0.3) is 0 Å². The van der Waals surface area contributed by atoms with Gasteiger partial charge in [-0.25, -0.2) is 0 Å². The van der Waals surface area contributed by atoms with E-state index in [0.29, 0.717) is 12.0 Å². The van der Waals surface area contributed by atoms with Gasteiger partial charge in [-0.05, 0) is 51.1 Å². The van der Waals surface area contributed by atoms with Crippen molar-refractivity contribution in [3.8, 4) is 11.8 Å². The summed E-state index contributed by atoms with van der Waals surface area (Å²) in [4.78, 5) is 7.03. The summed E-state index contributed by atoms with van der Waals surface area (Å²) in [6, 6.07) is 0.337. The molecule has 3 unspecified atom stereocenters. The van der Waals surface area contributed by atoms with Gasteiger partial charge in [-0.3, -0.25) is 9.89 Å². The number of likely N-dealkylation sites (tertiary alicyclic amines) is 1. The zero-order chi connectivity index (χ0) is 17.9. The van der Waals surface area contributed by atoms with Crippen LogP contribution in [-0.4, -0.2) is 56.7 Å². The predicted molar refractivity (Wildman–Crippen MR) is 104 cm³/mol. The van der Waals surface area contributed by atoms with E-state index in [-0.39, 0.29) is 11.5 Å². The Kier molecular flexibility index (Phi) is 6.07. The van der Waals surface area contributed by atoms with Crippen LogP contribution in [0.5, 0.6) is 0 Å². The Hall–Kier alpha value is -1.05. The van der Waals surface area contributed by atoms with Crippen LogP contribution in [0, 0.1) is 29.1 Å². The SMILES string of the molecule is CN=C1NC(CC(C)C#CCN2CCC(C)CC2)C(OC)C12CCC2. The van der Waals surface area contributed by atoms with E-state index in [4.69, 9.17) is 4.74 Å². The number of rotatable bonds is 4. The summed E-state index contributed by atoms with van der Waals surface area (Å²) in [6.45, 7) is 7.94. The fourth-order valence-corrected chi connectivity index (χ4v) is 4.85. The van der Waals surface area contributed by atoms with Gasteiger partial charge in [0, 0.05) is 20.1 Å². The maximum absolute atomic E-state index is 5.92. The first-order valence-corrected chi connectivity index (χ1v) is 10.1. The van der Waals surface area contributed by atoms with E-state index in [9.17, 15) is 0 Å². The summed E-state index contributed by atoms with van der Waals surface area (Å²) in [7, 11) is 3.76. The van der Waals surface area contributed by atoms with Gasteiger partial charge in [0.05, 0.1) is 24.1 Å². The van der Waals surface area contributed by atoms with Crippen molar-refractivity contribution in [3.63, 3.8) is 0 Å². The van der Waals surface area contributed by atoms with Crippen molar-refractivity contribution in [2.24, 2.45) is 22.2 Å². The average molecular weight is 346 g/mol. The predicted octanol–water partition coefficient (Wildman–Crippen LogP) is 2.93. The molecule has 140 valence electrons. The van der Waals surface area contributed by atoms with Crippen LogP contribution in [0.3, 0.4) is 0 Å². The minimum Gasteiger partial charge on any atom is -0.378 e. The van der Waals surface area contributed by atoms with E-state index in [0.717, 1.165) is 24.7 Å². The molecule has 3 aliphatic rings. The van der Waals surface area contributed by atoms with Crippen LogP contribution >= 0.6 is 0 Å². The van der Waals surface area contributed by atoms with Crippen molar-refractivity contribution in [2.45, 2.75) is 64.5 Å². The first-order valence-electron chi connectivity index (χ1n) is 10.1. The molecular weight excluding hydrogens is 310 g/mol. The Balaban J connectivity index is 1.52. The van der Waals surface area contributed by atoms with Crippen LogP contribution in [0.25, 0.3) is 0 Å². The summed E-state index contributed by atoms with van der Waals surface area (Å²) in [5.41, 5.74) is 0.159. The van der Waals surface area contributed by atoms with E-state index in [1.807, 2.05) is 14.2 Å². The minimum atomic E-state index is 0.159. The number of hydrogen-bond donors (Lipinski definition) is 1. The second-order valence-corrected chi connectivity index (χ2v) is 8.41. The summed E-state index contributed by atoms with van der Waals surface area (Å²) < 4.78 is 5.92. The lowest BCUT2D eigenvalue weighted by atomic mass is 9.64. The maximum Gasteiger partial charge on any atom is 0.105 e. The Bertz CT molecular complexity index is 535. The van der Waals surface area contributed by atoms with Crippen molar-refractivity contribution < 1.29 is 4.74 Å². The molecule has 1 spiro atoms. The molecule has 3 atom stereocenters. The topological polar surface area (TPSA) is 36.9 Å². The first-order chi connectivity index (χ1) is 12.1. The number of amidine groups is 1. The van der Waals surface area contributed by atoms with Gasteiger partial charge in [-0.1, -0.05) is 32.1 Å². The van der Waals surface area contributed by atoms with Crippen LogP contribution < -0.4 is 5.32 Å². The molecule has 2 aliphatic heterocycles. The molecular formula is C21H35N3O. The summed E-state index contributed by atoms with van der Waals surface area (Å²) in [5.74, 6) is 9.34. The Morgan fingerprint density at radius 1 is 1.36 bits per heavy atom. The van der Waals surface area contributed by atoms with E-state index in [2.05, 4.69) is 40.9 Å². The smallest absolute Gasteiger partial charge is 0.105 e. The molecule has 4 heteroatoms. The van der Waals surface area contributed by atoms with Crippen molar-refractivity contribution in [1.29, 1.82) is 0 Å². The van der Waals surface area contributed by atoms with Gasteiger partial charge in [0.2, 0.25) is 0 Å². The number of piperidine rings is 1. The molecule has 0 aromatic heterocycles. The fraction of sp³-hybridized carbons (Fsp3) is 0.857. The first kappa shape index (κ1) is 18.7. The molecule has 1 aliphatic carbocycles. The van der Waals surface area contributed by atoms with E-state index in [1.165, 1.54) is 45.2 Å². The largest absolute Gasteiger partial charge is 0.378 e. The van der Waals surface area contributed by atoms with Crippen LogP contribution in [-0.2, 0) is 4.74 Å². The highest BCUT2D eigenvalue weighted by Crippen LogP contribution is 2.50. The normalized spacial score (nSPS) is 32.1. The number of ether oxygens (including phenoxy) is 1. The van der Waals surface area contributed by atoms with Gasteiger partial charge in [-0.2, -0.15) is 0 Å². The van der Waals surface area contributed by atoms with Gasteiger partial charge in [0.1, 0.15) is 5.84 Å². The second kappa shape index (κ2) is 8.10. The molecule has 1 N–H and O–H groups in total. The van der Waals surface area contributed by atoms with Gasteiger partial charge < -0.3 is 10.1 Å². The fourth-order valence-electron chi connectivity index (χ4n) is 4.85. The van der Waals surface area contributed by atoms with E-state index >= 15 is 0 Å². The molecule has 3 rings (SSSR count). The third-order valence-corrected chi connectivity index (χ3v) is 6.56. The lowest BCUT2D eigenvalue weighted by Gasteiger charge is -2.42. The van der Waals surface area contributed by atoms with Crippen molar-refractivity contribution in [3.05, 3.63) is 0 Å². The molecule has 0 aromatic rings. The molecule has 0 aromatic carbocycles. The van der Waals surface area contributed by atoms with Crippen LogP contribution in [0.2, 0.25) is 0 Å². The van der Waals surface area contributed by atoms with Crippen molar-refractivity contribution in [1.82, 2.24) is 10.2 Å². The molecule has 0 radical (unpaired) electrons. The molecule has 2 heterocycles. The lowest BCUT2D eigenvalue weighted by Crippen LogP contribution is -2.46. The average Bonchev–Trinajstić information content (AvgIpc) is 2.90. The van der Waals surface area contributed by atoms with Gasteiger partial charge in [0.15, 0.2) is 0 Å². The second-order valence-electron chi connectivity index (χ2n) is 8.41. The molecule has 0 amide bonds. The molecule has 1 saturated carbocycles. The molecule has 0 bridgehead atoms. The minimum absolute atomic E-state index is 0.159. The number of methoxy groups -OCH3 is 1. The summed E-state index contributed by atoms with van der Waals surface area (Å²) >= 11 is 0. The van der Waals surface area contributed by atoms with Crippen molar-refractivity contribution in [2.75, 3.05) is 33.8 Å². The molecule has 4 nitrogen and oxygen atoms in total. The summed E-state index contributed by atoms with van der Waals surface area (Å²) in [6.07, 6.45) is 7.61. The Morgan fingerprint density at radius 3 is 2.64 bits per heavy atom. The highest BCUT2D eigenvalue weighted by molar-refractivity contribution is 5.92. The summed E-state index contributed by atoms with van der Waals surface area (Å²) in [5, 5.41) is 3.66. The standard InChI is InChI=1S/C21H35N3O/c1-16-8-13-24(14-9-16)12-5-7-17(2)15-18-19(25-4)21(10-6-11-21)20(22-3)23-18/h16-19H,6,8-15H2,1-4H3,(H,22,23). The highest BCUT2D eigenvalue weighted by Gasteiger charge is 2.56. The number of hydrogen-bond acceptors (Lipinski definition) is 3. The third kappa shape index (κ3) is 3.88.